The lowest BCUT2D eigenvalue weighted by atomic mass is 10.3. The van der Waals surface area contributed by atoms with Crippen LogP contribution in [-0.4, -0.2) is 25.6 Å². The number of aromatic carboxylic acids is 1. The molecule has 0 spiro atoms. The molecule has 2 N–H and O–H groups in total. The van der Waals surface area contributed by atoms with Crippen LogP contribution in [-0.2, 0) is 0 Å². The molecule has 0 unspecified atom stereocenters. The Bertz CT molecular complexity index is 849. The highest BCUT2D eigenvalue weighted by atomic mass is 32.1. The Morgan fingerprint density at radius 1 is 1.39 bits per heavy atom. The number of thiophene rings is 1. The van der Waals surface area contributed by atoms with E-state index in [0.717, 1.165) is 11.3 Å². The molecule has 3 heterocycles. The summed E-state index contributed by atoms with van der Waals surface area (Å²) in [4.78, 5) is 27.1. The number of aromatic nitrogens is 2. The third-order valence-corrected chi connectivity index (χ3v) is 3.61. The van der Waals surface area contributed by atoms with Crippen LogP contribution in [0.25, 0.3) is 15.9 Å². The van der Waals surface area contributed by atoms with Crippen LogP contribution < -0.4 is 5.56 Å². The first-order valence-electron chi connectivity index (χ1n) is 4.96. The van der Waals surface area contributed by atoms with Gasteiger partial charge in [0.1, 0.15) is 15.9 Å². The van der Waals surface area contributed by atoms with Crippen molar-refractivity contribution in [3.8, 4) is 5.75 Å². The van der Waals surface area contributed by atoms with Gasteiger partial charge in [0.2, 0.25) is 0 Å². The Hall–Kier alpha value is -2.41. The summed E-state index contributed by atoms with van der Waals surface area (Å²) in [7, 11) is 0. The maximum atomic E-state index is 12.1. The largest absolute Gasteiger partial charge is 0.505 e. The van der Waals surface area contributed by atoms with Gasteiger partial charge in [-0.3, -0.25) is 9.20 Å². The van der Waals surface area contributed by atoms with Crippen LogP contribution in [0.1, 0.15) is 9.67 Å². The average Bonchev–Trinajstić information content (AvgIpc) is 2.67. The van der Waals surface area contributed by atoms with Gasteiger partial charge in [0, 0.05) is 6.20 Å². The van der Waals surface area contributed by atoms with E-state index in [9.17, 15) is 14.7 Å². The number of pyridine rings is 1. The normalized spacial score (nSPS) is 11.1. The molecule has 0 aromatic carbocycles. The van der Waals surface area contributed by atoms with Gasteiger partial charge in [0.25, 0.3) is 5.56 Å². The summed E-state index contributed by atoms with van der Waals surface area (Å²) in [5.41, 5.74) is -0.0648. The first-order valence-corrected chi connectivity index (χ1v) is 5.77. The molecule has 0 aliphatic rings. The van der Waals surface area contributed by atoms with Crippen molar-refractivity contribution < 1.29 is 15.0 Å². The fourth-order valence-electron chi connectivity index (χ4n) is 1.75. The monoisotopic (exact) mass is 262 g/mol. The van der Waals surface area contributed by atoms with E-state index < -0.39 is 17.3 Å². The molecule has 0 aliphatic heterocycles. The standard InChI is InChI=1S/C11H6N2O4S/c14-7-6-9(18-8(7)11(16)17)12-5-3-1-2-4-13(5)10(6)15/h1-4,14H,(H,16,17). The first kappa shape index (κ1) is 10.7. The Morgan fingerprint density at radius 3 is 2.89 bits per heavy atom. The van der Waals surface area contributed by atoms with Gasteiger partial charge < -0.3 is 10.2 Å². The molecule has 0 amide bonds. The van der Waals surface area contributed by atoms with E-state index in [-0.39, 0.29) is 15.1 Å². The molecule has 0 fully saturated rings. The van der Waals surface area contributed by atoms with Crippen LogP contribution in [0.5, 0.6) is 5.75 Å². The van der Waals surface area contributed by atoms with Crippen molar-refractivity contribution >= 4 is 33.2 Å². The molecule has 3 aromatic rings. The predicted octanol–water partition coefficient (Wildman–Crippen LogP) is 1.31. The zero-order chi connectivity index (χ0) is 12.9. The molecule has 0 radical (unpaired) electrons. The Labute approximate surface area is 103 Å². The highest BCUT2D eigenvalue weighted by Gasteiger charge is 2.21. The van der Waals surface area contributed by atoms with E-state index >= 15 is 0 Å². The van der Waals surface area contributed by atoms with Crippen LogP contribution in [0.3, 0.4) is 0 Å². The van der Waals surface area contributed by atoms with Crippen molar-refractivity contribution in [1.82, 2.24) is 9.38 Å². The molecule has 18 heavy (non-hydrogen) atoms. The summed E-state index contributed by atoms with van der Waals surface area (Å²) in [5.74, 6) is -1.79. The molecule has 90 valence electrons. The third kappa shape index (κ3) is 1.31. The van der Waals surface area contributed by atoms with Crippen LogP contribution >= 0.6 is 11.3 Å². The van der Waals surface area contributed by atoms with Gasteiger partial charge in [-0.25, -0.2) is 9.78 Å². The summed E-state index contributed by atoms with van der Waals surface area (Å²) in [6.45, 7) is 0. The fourth-order valence-corrected chi connectivity index (χ4v) is 2.65. The van der Waals surface area contributed by atoms with Crippen molar-refractivity contribution in [3.63, 3.8) is 0 Å². The maximum absolute atomic E-state index is 12.1. The van der Waals surface area contributed by atoms with Crippen LogP contribution in [0.4, 0.5) is 0 Å². The van der Waals surface area contributed by atoms with E-state index in [0.29, 0.717) is 5.65 Å². The highest BCUT2D eigenvalue weighted by Crippen LogP contribution is 2.33. The van der Waals surface area contributed by atoms with Crippen molar-refractivity contribution in [1.29, 1.82) is 0 Å². The SMILES string of the molecule is O=C(O)c1sc2nc3ccccn3c(=O)c2c1O. The molecular formula is C11H6N2O4S. The van der Waals surface area contributed by atoms with Gasteiger partial charge in [-0.05, 0) is 12.1 Å². The smallest absolute Gasteiger partial charge is 0.349 e. The molecule has 0 saturated heterocycles. The van der Waals surface area contributed by atoms with E-state index in [1.807, 2.05) is 0 Å². The molecule has 3 rings (SSSR count). The van der Waals surface area contributed by atoms with Gasteiger partial charge in [-0.2, -0.15) is 0 Å². The number of aromatic hydroxyl groups is 1. The van der Waals surface area contributed by atoms with Gasteiger partial charge in [0.15, 0.2) is 10.6 Å². The van der Waals surface area contributed by atoms with E-state index in [1.165, 1.54) is 10.6 Å². The third-order valence-electron chi connectivity index (χ3n) is 2.55. The van der Waals surface area contributed by atoms with Crippen LogP contribution in [0.15, 0.2) is 29.2 Å². The Morgan fingerprint density at radius 2 is 2.17 bits per heavy atom. The second-order valence-corrected chi connectivity index (χ2v) is 4.61. The summed E-state index contributed by atoms with van der Waals surface area (Å²) < 4.78 is 1.26. The van der Waals surface area contributed by atoms with Crippen molar-refractivity contribution in [2.24, 2.45) is 0 Å². The van der Waals surface area contributed by atoms with E-state index in [2.05, 4.69) is 4.98 Å². The molecule has 0 bridgehead atoms. The van der Waals surface area contributed by atoms with Gasteiger partial charge in [-0.1, -0.05) is 6.07 Å². The van der Waals surface area contributed by atoms with Crippen molar-refractivity contribution in [2.45, 2.75) is 0 Å². The summed E-state index contributed by atoms with van der Waals surface area (Å²) in [5, 5.41) is 18.6. The molecule has 7 heteroatoms. The second-order valence-electron chi connectivity index (χ2n) is 3.61. The number of hydrogen-bond acceptors (Lipinski definition) is 5. The fraction of sp³-hybridized carbons (Fsp3) is 0. The number of fused-ring (bicyclic) bond motifs is 2. The van der Waals surface area contributed by atoms with Crippen LogP contribution in [0, 0.1) is 0 Å². The number of carboxylic acid groups (broad SMARTS) is 1. The molecule has 0 saturated carbocycles. The lowest BCUT2D eigenvalue weighted by Crippen LogP contribution is -2.13. The minimum absolute atomic E-state index is 0.0545. The molecule has 0 aliphatic carbocycles. The van der Waals surface area contributed by atoms with Gasteiger partial charge >= 0.3 is 5.97 Å². The zero-order valence-electron chi connectivity index (χ0n) is 8.82. The topological polar surface area (TPSA) is 91.9 Å². The van der Waals surface area contributed by atoms with E-state index in [4.69, 9.17) is 5.11 Å². The summed E-state index contributed by atoms with van der Waals surface area (Å²) in [6, 6.07) is 5.01. The zero-order valence-corrected chi connectivity index (χ0v) is 9.64. The van der Waals surface area contributed by atoms with Gasteiger partial charge in [0.05, 0.1) is 0 Å². The van der Waals surface area contributed by atoms with Crippen molar-refractivity contribution in [3.05, 3.63) is 39.6 Å². The quantitative estimate of drug-likeness (QED) is 0.690. The van der Waals surface area contributed by atoms with Crippen LogP contribution in [0.2, 0.25) is 0 Å². The first-order chi connectivity index (χ1) is 8.59. The second kappa shape index (κ2) is 3.54. The predicted molar refractivity (Wildman–Crippen MR) is 65.5 cm³/mol. The Kier molecular flexibility index (Phi) is 2.11. The Balaban J connectivity index is 2.57. The minimum atomic E-state index is -1.27. The number of rotatable bonds is 1. The molecule has 6 nitrogen and oxygen atoms in total. The molecule has 3 aromatic heterocycles. The number of carboxylic acids is 1. The lowest BCUT2D eigenvalue weighted by Gasteiger charge is -1.98. The lowest BCUT2D eigenvalue weighted by molar-refractivity contribution is 0.0699. The molecule has 0 atom stereocenters. The summed E-state index contributed by atoms with van der Waals surface area (Å²) in [6.07, 6.45) is 1.52. The highest BCUT2D eigenvalue weighted by molar-refractivity contribution is 7.20. The maximum Gasteiger partial charge on any atom is 0.349 e. The van der Waals surface area contributed by atoms with Gasteiger partial charge in [-0.15, -0.1) is 11.3 Å². The van der Waals surface area contributed by atoms with Crippen molar-refractivity contribution in [2.75, 3.05) is 0 Å². The minimum Gasteiger partial charge on any atom is -0.505 e. The van der Waals surface area contributed by atoms with E-state index in [1.54, 1.807) is 18.2 Å². The number of carbonyl (C=O) groups is 1. The summed E-state index contributed by atoms with van der Waals surface area (Å²) >= 11 is 0.787. The number of nitrogens with zero attached hydrogens (tertiary/aromatic N) is 2. The number of hydrogen-bond donors (Lipinski definition) is 2. The molecular weight excluding hydrogens is 256 g/mol. The average molecular weight is 262 g/mol.